The SMILES string of the molecule is COc1ccc(COCC[C@@H](/C=C/C[C@H](OC)/C(C)=C/[C@@H](C)C/C=C/I)O[Si](C)(C)C(C)(C)C)cc1. The van der Waals surface area contributed by atoms with E-state index in [2.05, 4.69) is 98.7 Å². The van der Waals surface area contributed by atoms with Crippen LogP contribution in [0.3, 0.4) is 0 Å². The number of rotatable bonds is 16. The molecule has 0 saturated heterocycles. The molecule has 0 radical (unpaired) electrons. The molecule has 0 saturated carbocycles. The van der Waals surface area contributed by atoms with Crippen molar-refractivity contribution in [3.63, 3.8) is 0 Å². The number of ether oxygens (including phenoxy) is 3. The summed E-state index contributed by atoms with van der Waals surface area (Å²) in [5, 5.41) is 0.153. The highest BCUT2D eigenvalue weighted by Gasteiger charge is 2.38. The Morgan fingerprint density at radius 3 is 2.28 bits per heavy atom. The van der Waals surface area contributed by atoms with E-state index in [1.165, 1.54) is 5.57 Å². The van der Waals surface area contributed by atoms with Gasteiger partial charge in [-0.15, -0.1) is 0 Å². The van der Waals surface area contributed by atoms with Crippen molar-refractivity contribution < 1.29 is 18.6 Å². The number of hydrogen-bond donors (Lipinski definition) is 0. The van der Waals surface area contributed by atoms with Gasteiger partial charge in [-0.2, -0.15) is 0 Å². The molecular weight excluding hydrogens is 579 g/mol. The molecule has 6 heteroatoms. The van der Waals surface area contributed by atoms with E-state index in [4.69, 9.17) is 18.6 Å². The quantitative estimate of drug-likeness (QED) is 0.0793. The van der Waals surface area contributed by atoms with Crippen molar-refractivity contribution in [2.75, 3.05) is 20.8 Å². The van der Waals surface area contributed by atoms with Crippen LogP contribution in [0.4, 0.5) is 0 Å². The third kappa shape index (κ3) is 12.5. The fraction of sp³-hybridized carbons (Fsp3) is 0.600. The van der Waals surface area contributed by atoms with E-state index >= 15 is 0 Å². The first-order valence-electron chi connectivity index (χ1n) is 12.9. The third-order valence-corrected chi connectivity index (χ3v) is 11.9. The van der Waals surface area contributed by atoms with Crippen LogP contribution in [0.25, 0.3) is 0 Å². The summed E-state index contributed by atoms with van der Waals surface area (Å²) in [6.45, 7) is 17.1. The second-order valence-corrected chi connectivity index (χ2v) is 16.5. The summed E-state index contributed by atoms with van der Waals surface area (Å²) < 4.78 is 25.9. The van der Waals surface area contributed by atoms with Crippen molar-refractivity contribution in [3.8, 4) is 5.75 Å². The zero-order valence-corrected chi connectivity index (χ0v) is 27.1. The van der Waals surface area contributed by atoms with E-state index in [-0.39, 0.29) is 17.2 Å². The molecule has 0 heterocycles. The molecule has 36 heavy (non-hydrogen) atoms. The van der Waals surface area contributed by atoms with Gasteiger partial charge in [0.05, 0.1) is 25.9 Å². The summed E-state index contributed by atoms with van der Waals surface area (Å²) in [7, 11) is 1.56. The number of allylic oxidation sites excluding steroid dienone is 2. The highest BCUT2D eigenvalue weighted by molar-refractivity contribution is 14.1. The molecule has 0 spiro atoms. The van der Waals surface area contributed by atoms with E-state index in [0.29, 0.717) is 19.1 Å². The Morgan fingerprint density at radius 2 is 1.72 bits per heavy atom. The first-order valence-corrected chi connectivity index (χ1v) is 17.1. The summed E-state index contributed by atoms with van der Waals surface area (Å²) in [6.07, 6.45) is 11.8. The topological polar surface area (TPSA) is 36.9 Å². The molecule has 0 aliphatic heterocycles. The lowest BCUT2D eigenvalue weighted by Gasteiger charge is -2.38. The fourth-order valence-corrected chi connectivity index (χ4v) is 5.17. The van der Waals surface area contributed by atoms with Crippen LogP contribution in [0.5, 0.6) is 5.75 Å². The van der Waals surface area contributed by atoms with E-state index in [1.54, 1.807) is 14.2 Å². The van der Waals surface area contributed by atoms with Crippen LogP contribution in [0, 0.1) is 5.92 Å². The number of benzene rings is 1. The molecule has 1 aromatic carbocycles. The van der Waals surface area contributed by atoms with Gasteiger partial charge in [-0.1, -0.05) is 86.7 Å². The molecule has 4 nitrogen and oxygen atoms in total. The Labute approximate surface area is 235 Å². The maximum Gasteiger partial charge on any atom is 0.192 e. The molecule has 0 aliphatic rings. The van der Waals surface area contributed by atoms with Crippen molar-refractivity contribution in [2.45, 2.75) is 90.8 Å². The standard InChI is InChI=1S/C30H49IO4Si/c1-24(12-11-20-31)22-25(2)29(33-7)14-10-13-28(35-36(8,9)30(3,4)5)19-21-34-23-26-15-17-27(32-6)18-16-26/h10-11,13,15-18,20,22,24,28-29H,12,14,19,21,23H2,1-9H3/b13-10+,20-11+,25-22+/t24-,28+,29-/m0/s1. The third-order valence-electron chi connectivity index (χ3n) is 6.86. The maximum absolute atomic E-state index is 6.76. The summed E-state index contributed by atoms with van der Waals surface area (Å²) >= 11 is 2.27. The fourth-order valence-electron chi connectivity index (χ4n) is 3.57. The van der Waals surface area contributed by atoms with Gasteiger partial charge in [-0.3, -0.25) is 0 Å². The average molecular weight is 629 g/mol. The van der Waals surface area contributed by atoms with Crippen molar-refractivity contribution in [1.82, 2.24) is 0 Å². The highest BCUT2D eigenvalue weighted by Crippen LogP contribution is 2.37. The van der Waals surface area contributed by atoms with Gasteiger partial charge in [0.1, 0.15) is 5.75 Å². The first-order chi connectivity index (χ1) is 16.9. The molecule has 3 atom stereocenters. The molecule has 0 fully saturated rings. The van der Waals surface area contributed by atoms with Crippen LogP contribution in [0.1, 0.15) is 59.4 Å². The first kappa shape index (κ1) is 33.1. The van der Waals surface area contributed by atoms with Gasteiger partial charge in [0.2, 0.25) is 0 Å². The van der Waals surface area contributed by atoms with Crippen LogP contribution in [0.15, 0.2) is 58.2 Å². The van der Waals surface area contributed by atoms with E-state index in [0.717, 1.165) is 30.6 Å². The van der Waals surface area contributed by atoms with Crippen LogP contribution < -0.4 is 4.74 Å². The second-order valence-electron chi connectivity index (χ2n) is 11.0. The molecule has 0 amide bonds. The summed E-state index contributed by atoms with van der Waals surface area (Å²) in [4.78, 5) is 0. The molecule has 1 rings (SSSR count). The predicted octanol–water partition coefficient (Wildman–Crippen LogP) is 8.87. The van der Waals surface area contributed by atoms with Crippen LogP contribution in [0.2, 0.25) is 18.1 Å². The Bertz CT molecular complexity index is 824. The lowest BCUT2D eigenvalue weighted by molar-refractivity contribution is 0.0905. The summed E-state index contributed by atoms with van der Waals surface area (Å²) in [5.74, 6) is 1.35. The van der Waals surface area contributed by atoms with Crippen molar-refractivity contribution in [2.24, 2.45) is 5.92 Å². The Balaban J connectivity index is 2.79. The Morgan fingerprint density at radius 1 is 1.06 bits per heavy atom. The molecule has 0 unspecified atom stereocenters. The van der Waals surface area contributed by atoms with Crippen molar-refractivity contribution >= 4 is 30.9 Å². The van der Waals surface area contributed by atoms with Gasteiger partial charge in [0, 0.05) is 13.7 Å². The van der Waals surface area contributed by atoms with E-state index in [9.17, 15) is 0 Å². The average Bonchev–Trinajstić information content (AvgIpc) is 2.82. The van der Waals surface area contributed by atoms with E-state index in [1.807, 2.05) is 24.3 Å². The zero-order valence-electron chi connectivity index (χ0n) is 24.0. The van der Waals surface area contributed by atoms with Gasteiger partial charge in [-0.25, -0.2) is 0 Å². The molecule has 0 aromatic heterocycles. The lowest BCUT2D eigenvalue weighted by atomic mass is 10.00. The second kappa shape index (κ2) is 16.8. The summed E-state index contributed by atoms with van der Waals surface area (Å²) in [6, 6.07) is 8.02. The molecular formula is C30H49IO4Si. The molecule has 0 N–H and O–H groups in total. The monoisotopic (exact) mass is 628 g/mol. The minimum atomic E-state index is -1.92. The van der Waals surface area contributed by atoms with Crippen molar-refractivity contribution in [3.05, 3.63) is 63.8 Å². The van der Waals surface area contributed by atoms with Gasteiger partial charge < -0.3 is 18.6 Å². The van der Waals surface area contributed by atoms with Crippen LogP contribution in [-0.2, 0) is 20.5 Å². The highest BCUT2D eigenvalue weighted by atomic mass is 127. The van der Waals surface area contributed by atoms with Gasteiger partial charge in [-0.05, 0) is 77.6 Å². The van der Waals surface area contributed by atoms with Gasteiger partial charge in [0.15, 0.2) is 8.32 Å². The molecule has 1 aromatic rings. The van der Waals surface area contributed by atoms with Gasteiger partial charge >= 0.3 is 0 Å². The minimum Gasteiger partial charge on any atom is -0.497 e. The molecule has 0 aliphatic carbocycles. The van der Waals surface area contributed by atoms with Gasteiger partial charge in [0.25, 0.3) is 0 Å². The molecule has 0 bridgehead atoms. The predicted molar refractivity (Wildman–Crippen MR) is 165 cm³/mol. The smallest absolute Gasteiger partial charge is 0.192 e. The van der Waals surface area contributed by atoms with E-state index < -0.39 is 8.32 Å². The summed E-state index contributed by atoms with van der Waals surface area (Å²) in [5.41, 5.74) is 2.42. The maximum atomic E-state index is 6.76. The largest absolute Gasteiger partial charge is 0.497 e. The van der Waals surface area contributed by atoms with Crippen LogP contribution in [-0.4, -0.2) is 41.4 Å². The normalized spacial score (nSPS) is 16.0. The molecule has 204 valence electrons. The van der Waals surface area contributed by atoms with Crippen molar-refractivity contribution in [1.29, 1.82) is 0 Å². The number of halogens is 1. The zero-order chi connectivity index (χ0) is 27.2. The van der Waals surface area contributed by atoms with Crippen LogP contribution >= 0.6 is 22.6 Å². The minimum absolute atomic E-state index is 0.0243. The lowest BCUT2D eigenvalue weighted by Crippen LogP contribution is -2.43. The number of methoxy groups -OCH3 is 2. The Kier molecular flexibility index (Phi) is 15.5. The Hall–Kier alpha value is -0.933. The number of hydrogen-bond acceptors (Lipinski definition) is 4.